The van der Waals surface area contributed by atoms with Crippen molar-refractivity contribution in [1.82, 2.24) is 0 Å². The number of anilines is 1. The SMILES string of the molecule is CC[C@@H](N)C(=O)Nc1ccc(F)c(C)c1. The molecule has 0 fully saturated rings. The van der Waals surface area contributed by atoms with Gasteiger partial charge in [-0.3, -0.25) is 4.79 Å². The maximum absolute atomic E-state index is 12.9. The molecule has 1 rings (SSSR count). The first-order valence-corrected chi connectivity index (χ1v) is 4.87. The number of benzene rings is 1. The Bertz CT molecular complexity index is 366. The molecule has 0 saturated carbocycles. The van der Waals surface area contributed by atoms with Crippen molar-refractivity contribution in [2.45, 2.75) is 26.3 Å². The Morgan fingerprint density at radius 2 is 2.27 bits per heavy atom. The van der Waals surface area contributed by atoms with Crippen LogP contribution in [0, 0.1) is 12.7 Å². The number of nitrogens with one attached hydrogen (secondary N) is 1. The van der Waals surface area contributed by atoms with Gasteiger partial charge < -0.3 is 11.1 Å². The standard InChI is InChI=1S/C11H15FN2O/c1-3-10(13)11(15)14-8-4-5-9(12)7(2)6-8/h4-6,10H,3,13H2,1-2H3,(H,14,15)/t10-/m1/s1. The van der Waals surface area contributed by atoms with Gasteiger partial charge in [0.2, 0.25) is 5.91 Å². The largest absolute Gasteiger partial charge is 0.325 e. The molecule has 0 aliphatic rings. The van der Waals surface area contributed by atoms with E-state index < -0.39 is 6.04 Å². The highest BCUT2D eigenvalue weighted by atomic mass is 19.1. The summed E-state index contributed by atoms with van der Waals surface area (Å²) in [6, 6.07) is 3.90. The zero-order valence-electron chi connectivity index (χ0n) is 8.88. The topological polar surface area (TPSA) is 55.1 Å². The van der Waals surface area contributed by atoms with Gasteiger partial charge in [-0.1, -0.05) is 6.92 Å². The lowest BCUT2D eigenvalue weighted by molar-refractivity contribution is -0.117. The minimum atomic E-state index is -0.518. The van der Waals surface area contributed by atoms with Crippen LogP contribution < -0.4 is 11.1 Å². The molecule has 0 aliphatic carbocycles. The van der Waals surface area contributed by atoms with Crippen LogP contribution in [0.25, 0.3) is 0 Å². The van der Waals surface area contributed by atoms with E-state index in [1.807, 2.05) is 6.92 Å². The van der Waals surface area contributed by atoms with Crippen LogP contribution in [0.2, 0.25) is 0 Å². The lowest BCUT2D eigenvalue weighted by Gasteiger charge is -2.10. The van der Waals surface area contributed by atoms with E-state index in [4.69, 9.17) is 5.73 Å². The summed E-state index contributed by atoms with van der Waals surface area (Å²) >= 11 is 0. The van der Waals surface area contributed by atoms with E-state index in [-0.39, 0.29) is 11.7 Å². The fourth-order valence-electron chi connectivity index (χ4n) is 1.14. The van der Waals surface area contributed by atoms with Crippen LogP contribution in [0.5, 0.6) is 0 Å². The van der Waals surface area contributed by atoms with E-state index in [1.54, 1.807) is 13.0 Å². The monoisotopic (exact) mass is 210 g/mol. The fraction of sp³-hybridized carbons (Fsp3) is 0.364. The van der Waals surface area contributed by atoms with E-state index in [9.17, 15) is 9.18 Å². The Morgan fingerprint density at radius 3 is 2.80 bits per heavy atom. The maximum Gasteiger partial charge on any atom is 0.241 e. The van der Waals surface area contributed by atoms with Crippen molar-refractivity contribution in [3.05, 3.63) is 29.6 Å². The van der Waals surface area contributed by atoms with Crippen LogP contribution in [0.1, 0.15) is 18.9 Å². The van der Waals surface area contributed by atoms with Crippen LogP contribution in [0.3, 0.4) is 0 Å². The van der Waals surface area contributed by atoms with E-state index in [0.717, 1.165) is 0 Å². The number of carbonyl (C=O) groups excluding carboxylic acids is 1. The number of carbonyl (C=O) groups is 1. The molecule has 0 saturated heterocycles. The zero-order chi connectivity index (χ0) is 11.4. The quantitative estimate of drug-likeness (QED) is 0.799. The summed E-state index contributed by atoms with van der Waals surface area (Å²) in [5.41, 5.74) is 6.62. The first kappa shape index (κ1) is 11.7. The van der Waals surface area contributed by atoms with E-state index >= 15 is 0 Å². The summed E-state index contributed by atoms with van der Waals surface area (Å²) in [5, 5.41) is 2.63. The van der Waals surface area contributed by atoms with Gasteiger partial charge in [0.25, 0.3) is 0 Å². The number of halogens is 1. The third-order valence-electron chi connectivity index (χ3n) is 2.20. The Morgan fingerprint density at radius 1 is 1.60 bits per heavy atom. The Hall–Kier alpha value is -1.42. The number of nitrogens with two attached hydrogens (primary N) is 1. The Balaban J connectivity index is 2.73. The average molecular weight is 210 g/mol. The molecule has 3 N–H and O–H groups in total. The predicted octanol–water partition coefficient (Wildman–Crippen LogP) is 1.81. The highest BCUT2D eigenvalue weighted by molar-refractivity contribution is 5.94. The second-order valence-electron chi connectivity index (χ2n) is 3.47. The number of rotatable bonds is 3. The second-order valence-corrected chi connectivity index (χ2v) is 3.47. The first-order valence-electron chi connectivity index (χ1n) is 4.87. The molecule has 0 unspecified atom stereocenters. The summed E-state index contributed by atoms with van der Waals surface area (Å²) in [7, 11) is 0. The molecule has 1 aromatic rings. The van der Waals surface area contributed by atoms with Crippen molar-refractivity contribution in [3.63, 3.8) is 0 Å². The van der Waals surface area contributed by atoms with E-state index in [0.29, 0.717) is 17.7 Å². The molecule has 3 nitrogen and oxygen atoms in total. The molecular weight excluding hydrogens is 195 g/mol. The molecule has 15 heavy (non-hydrogen) atoms. The second kappa shape index (κ2) is 4.89. The van der Waals surface area contributed by atoms with E-state index in [1.165, 1.54) is 12.1 Å². The van der Waals surface area contributed by atoms with Gasteiger partial charge in [0.1, 0.15) is 5.82 Å². The molecule has 0 bridgehead atoms. The maximum atomic E-state index is 12.9. The van der Waals surface area contributed by atoms with Crippen molar-refractivity contribution >= 4 is 11.6 Å². The van der Waals surface area contributed by atoms with Crippen LogP contribution in [0.4, 0.5) is 10.1 Å². The molecule has 0 aromatic heterocycles. The fourth-order valence-corrected chi connectivity index (χ4v) is 1.14. The third kappa shape index (κ3) is 3.02. The highest BCUT2D eigenvalue weighted by Gasteiger charge is 2.11. The lowest BCUT2D eigenvalue weighted by Crippen LogP contribution is -2.34. The summed E-state index contributed by atoms with van der Waals surface area (Å²) in [6.45, 7) is 3.48. The molecule has 82 valence electrons. The van der Waals surface area contributed by atoms with Gasteiger partial charge in [-0.25, -0.2) is 4.39 Å². The van der Waals surface area contributed by atoms with E-state index in [2.05, 4.69) is 5.32 Å². The van der Waals surface area contributed by atoms with Crippen molar-refractivity contribution in [3.8, 4) is 0 Å². The summed E-state index contributed by atoms with van der Waals surface area (Å²) in [6.07, 6.45) is 0.575. The molecule has 1 amide bonds. The van der Waals surface area contributed by atoms with Crippen LogP contribution in [-0.4, -0.2) is 11.9 Å². The van der Waals surface area contributed by atoms with Crippen LogP contribution >= 0.6 is 0 Å². The molecule has 0 aliphatic heterocycles. The molecule has 1 aromatic carbocycles. The van der Waals surface area contributed by atoms with Crippen molar-refractivity contribution < 1.29 is 9.18 Å². The normalized spacial score (nSPS) is 12.3. The van der Waals surface area contributed by atoms with Crippen molar-refractivity contribution in [2.75, 3.05) is 5.32 Å². The highest BCUT2D eigenvalue weighted by Crippen LogP contribution is 2.13. The predicted molar refractivity (Wildman–Crippen MR) is 58.0 cm³/mol. The van der Waals surface area contributed by atoms with Crippen LogP contribution in [0.15, 0.2) is 18.2 Å². The lowest BCUT2D eigenvalue weighted by atomic mass is 10.2. The molecule has 0 heterocycles. The van der Waals surface area contributed by atoms with Gasteiger partial charge >= 0.3 is 0 Å². The minimum absolute atomic E-state index is 0.247. The smallest absolute Gasteiger partial charge is 0.241 e. The molecule has 0 spiro atoms. The molecule has 4 heteroatoms. The number of hydrogen-bond acceptors (Lipinski definition) is 2. The van der Waals surface area contributed by atoms with Crippen molar-refractivity contribution in [1.29, 1.82) is 0 Å². The number of amides is 1. The third-order valence-corrected chi connectivity index (χ3v) is 2.20. The number of aryl methyl sites for hydroxylation is 1. The summed E-state index contributed by atoms with van der Waals surface area (Å²) in [5.74, 6) is -0.531. The summed E-state index contributed by atoms with van der Waals surface area (Å²) in [4.78, 5) is 11.4. The van der Waals surface area contributed by atoms with Gasteiger partial charge in [0.15, 0.2) is 0 Å². The van der Waals surface area contributed by atoms with Gasteiger partial charge in [0.05, 0.1) is 6.04 Å². The first-order chi connectivity index (χ1) is 7.04. The minimum Gasteiger partial charge on any atom is -0.325 e. The Kier molecular flexibility index (Phi) is 3.80. The molecular formula is C11H15FN2O. The molecule has 1 atom stereocenters. The summed E-state index contributed by atoms with van der Waals surface area (Å²) < 4.78 is 12.9. The average Bonchev–Trinajstić information content (AvgIpc) is 2.22. The Labute approximate surface area is 88.5 Å². The van der Waals surface area contributed by atoms with Gasteiger partial charge in [-0.05, 0) is 37.1 Å². The molecule has 0 radical (unpaired) electrons. The van der Waals surface area contributed by atoms with Gasteiger partial charge in [-0.15, -0.1) is 0 Å². The van der Waals surface area contributed by atoms with Crippen molar-refractivity contribution in [2.24, 2.45) is 5.73 Å². The van der Waals surface area contributed by atoms with Gasteiger partial charge in [-0.2, -0.15) is 0 Å². The number of hydrogen-bond donors (Lipinski definition) is 2. The zero-order valence-corrected chi connectivity index (χ0v) is 8.88. The van der Waals surface area contributed by atoms with Gasteiger partial charge in [0, 0.05) is 5.69 Å². The van der Waals surface area contributed by atoms with Crippen LogP contribution in [-0.2, 0) is 4.79 Å².